The van der Waals surface area contributed by atoms with E-state index in [1.165, 1.54) is 173 Å². The SMILES string of the molecule is CCCC/C=C\C/C=C\CCCCCCCC(=O)OC(COC(=O)CCCCCCC/C=C\CCCCCC)COC(=O)CCCCCCCCCCCCCCCCCCCCCC. The van der Waals surface area contributed by atoms with Crippen molar-refractivity contribution in [2.45, 2.75) is 309 Å². The summed E-state index contributed by atoms with van der Waals surface area (Å²) >= 11 is 0. The highest BCUT2D eigenvalue weighted by Crippen LogP contribution is 2.16. The van der Waals surface area contributed by atoms with Crippen molar-refractivity contribution in [2.75, 3.05) is 13.2 Å². The van der Waals surface area contributed by atoms with Crippen molar-refractivity contribution in [1.29, 1.82) is 0 Å². The molecular formula is C59H108O6. The van der Waals surface area contributed by atoms with Crippen molar-refractivity contribution in [2.24, 2.45) is 0 Å². The van der Waals surface area contributed by atoms with Gasteiger partial charge in [0.2, 0.25) is 0 Å². The molecule has 0 N–H and O–H groups in total. The van der Waals surface area contributed by atoms with Gasteiger partial charge in [0.15, 0.2) is 6.10 Å². The van der Waals surface area contributed by atoms with Crippen LogP contribution in [0.15, 0.2) is 36.5 Å². The van der Waals surface area contributed by atoms with Gasteiger partial charge in [-0.15, -0.1) is 0 Å². The average Bonchev–Trinajstić information content (AvgIpc) is 3.30. The molecule has 0 amide bonds. The minimum atomic E-state index is -0.779. The number of hydrogen-bond donors (Lipinski definition) is 0. The van der Waals surface area contributed by atoms with Gasteiger partial charge in [0.1, 0.15) is 13.2 Å². The Balaban J connectivity index is 4.31. The Hall–Kier alpha value is -2.37. The van der Waals surface area contributed by atoms with E-state index in [4.69, 9.17) is 14.2 Å². The molecule has 380 valence electrons. The lowest BCUT2D eigenvalue weighted by Crippen LogP contribution is -2.30. The molecule has 0 aliphatic carbocycles. The van der Waals surface area contributed by atoms with Gasteiger partial charge in [0.05, 0.1) is 0 Å². The van der Waals surface area contributed by atoms with Crippen LogP contribution in [-0.4, -0.2) is 37.2 Å². The average molecular weight is 914 g/mol. The van der Waals surface area contributed by atoms with Gasteiger partial charge in [-0.1, -0.05) is 250 Å². The zero-order chi connectivity index (χ0) is 47.2. The van der Waals surface area contributed by atoms with E-state index in [0.29, 0.717) is 19.3 Å². The van der Waals surface area contributed by atoms with Gasteiger partial charge in [-0.05, 0) is 70.6 Å². The Morgan fingerprint density at radius 1 is 0.308 bits per heavy atom. The van der Waals surface area contributed by atoms with Crippen molar-refractivity contribution >= 4 is 17.9 Å². The number of rotatable bonds is 52. The van der Waals surface area contributed by atoms with E-state index in [9.17, 15) is 14.4 Å². The Bertz CT molecular complexity index is 1090. The second-order valence-corrected chi connectivity index (χ2v) is 19.2. The molecule has 0 heterocycles. The number of unbranched alkanes of at least 4 members (excludes halogenated alkanes) is 35. The summed E-state index contributed by atoms with van der Waals surface area (Å²) in [6.07, 6.45) is 64.2. The first-order valence-corrected chi connectivity index (χ1v) is 28.5. The molecule has 0 radical (unpaired) electrons. The van der Waals surface area contributed by atoms with E-state index in [-0.39, 0.29) is 31.1 Å². The monoisotopic (exact) mass is 913 g/mol. The minimum absolute atomic E-state index is 0.0771. The first kappa shape index (κ1) is 62.6. The molecule has 0 fully saturated rings. The van der Waals surface area contributed by atoms with Gasteiger partial charge in [-0.3, -0.25) is 14.4 Å². The van der Waals surface area contributed by atoms with Crippen LogP contribution in [0, 0.1) is 0 Å². The van der Waals surface area contributed by atoms with E-state index in [0.717, 1.165) is 89.9 Å². The Labute approximate surface area is 404 Å². The zero-order valence-corrected chi connectivity index (χ0v) is 43.5. The number of carbonyl (C=O) groups excluding carboxylic acids is 3. The quantitative estimate of drug-likeness (QED) is 0.0262. The van der Waals surface area contributed by atoms with Crippen LogP contribution in [0.4, 0.5) is 0 Å². The van der Waals surface area contributed by atoms with E-state index in [1.54, 1.807) is 0 Å². The smallest absolute Gasteiger partial charge is 0.306 e. The predicted molar refractivity (Wildman–Crippen MR) is 279 cm³/mol. The van der Waals surface area contributed by atoms with Gasteiger partial charge in [0, 0.05) is 19.3 Å². The van der Waals surface area contributed by atoms with E-state index in [2.05, 4.69) is 57.2 Å². The van der Waals surface area contributed by atoms with Crippen LogP contribution in [0.1, 0.15) is 303 Å². The van der Waals surface area contributed by atoms with Gasteiger partial charge >= 0.3 is 17.9 Å². The maximum absolute atomic E-state index is 12.8. The molecule has 65 heavy (non-hydrogen) atoms. The molecule has 0 saturated heterocycles. The summed E-state index contributed by atoms with van der Waals surface area (Å²) in [6.45, 7) is 6.60. The van der Waals surface area contributed by atoms with Crippen LogP contribution in [0.2, 0.25) is 0 Å². The lowest BCUT2D eigenvalue weighted by atomic mass is 10.0. The van der Waals surface area contributed by atoms with Crippen LogP contribution in [0.3, 0.4) is 0 Å². The summed E-state index contributed by atoms with van der Waals surface area (Å²) < 4.78 is 16.8. The lowest BCUT2D eigenvalue weighted by molar-refractivity contribution is -0.167. The largest absolute Gasteiger partial charge is 0.462 e. The molecule has 6 nitrogen and oxygen atoms in total. The highest BCUT2D eigenvalue weighted by molar-refractivity contribution is 5.71. The summed E-state index contributed by atoms with van der Waals surface area (Å²) in [6, 6.07) is 0. The molecule has 1 unspecified atom stereocenters. The molecule has 0 spiro atoms. The summed E-state index contributed by atoms with van der Waals surface area (Å²) in [5.74, 6) is -0.885. The lowest BCUT2D eigenvalue weighted by Gasteiger charge is -2.18. The molecule has 0 rings (SSSR count). The third-order valence-corrected chi connectivity index (χ3v) is 12.6. The fourth-order valence-electron chi connectivity index (χ4n) is 8.28. The Kier molecular flexibility index (Phi) is 52.3. The fourth-order valence-corrected chi connectivity index (χ4v) is 8.28. The summed E-state index contributed by atoms with van der Waals surface area (Å²) in [4.78, 5) is 38.1. The molecule has 0 aromatic carbocycles. The molecule has 1 atom stereocenters. The van der Waals surface area contributed by atoms with Crippen LogP contribution in [0.25, 0.3) is 0 Å². The molecule has 0 aliphatic rings. The van der Waals surface area contributed by atoms with E-state index >= 15 is 0 Å². The highest BCUT2D eigenvalue weighted by atomic mass is 16.6. The summed E-state index contributed by atoms with van der Waals surface area (Å²) in [7, 11) is 0. The molecular weight excluding hydrogens is 805 g/mol. The Morgan fingerprint density at radius 2 is 0.569 bits per heavy atom. The molecule has 0 aromatic heterocycles. The second kappa shape index (κ2) is 54.2. The van der Waals surface area contributed by atoms with Crippen molar-refractivity contribution in [3.63, 3.8) is 0 Å². The van der Waals surface area contributed by atoms with Crippen molar-refractivity contribution < 1.29 is 28.6 Å². The normalized spacial score (nSPS) is 12.2. The zero-order valence-electron chi connectivity index (χ0n) is 43.5. The van der Waals surface area contributed by atoms with E-state index in [1.807, 2.05) is 0 Å². The van der Waals surface area contributed by atoms with Crippen LogP contribution < -0.4 is 0 Å². The number of esters is 3. The first-order chi connectivity index (χ1) is 32.0. The predicted octanol–water partition coefficient (Wildman–Crippen LogP) is 18.9. The van der Waals surface area contributed by atoms with Gasteiger partial charge in [0.25, 0.3) is 0 Å². The van der Waals surface area contributed by atoms with Crippen LogP contribution >= 0.6 is 0 Å². The topological polar surface area (TPSA) is 78.9 Å². The molecule has 0 bridgehead atoms. The third-order valence-electron chi connectivity index (χ3n) is 12.6. The van der Waals surface area contributed by atoms with E-state index < -0.39 is 6.10 Å². The standard InChI is InChI=1S/C59H108O6/c1-4-7-10-13-16-19-22-25-27-28-29-30-31-32-35-37-40-43-46-49-52-58(61)64-55-56(54-63-57(60)51-48-45-42-39-36-33-24-21-18-15-12-9-6-3)65-59(62)53-50-47-44-41-38-34-26-23-20-17-14-11-8-5-2/h14,17,21,23-24,26,56H,4-13,15-16,18-20,22,25,27-55H2,1-3H3/b17-14-,24-21-,26-23-. The fraction of sp³-hybridized carbons (Fsp3) is 0.847. The summed E-state index contributed by atoms with van der Waals surface area (Å²) in [5.41, 5.74) is 0. The molecule has 0 aliphatic heterocycles. The van der Waals surface area contributed by atoms with Crippen molar-refractivity contribution in [1.82, 2.24) is 0 Å². The number of hydrogen-bond acceptors (Lipinski definition) is 6. The molecule has 0 aromatic rings. The second-order valence-electron chi connectivity index (χ2n) is 19.2. The van der Waals surface area contributed by atoms with Crippen LogP contribution in [0.5, 0.6) is 0 Å². The number of carbonyl (C=O) groups is 3. The first-order valence-electron chi connectivity index (χ1n) is 28.5. The van der Waals surface area contributed by atoms with Gasteiger partial charge < -0.3 is 14.2 Å². The maximum Gasteiger partial charge on any atom is 0.306 e. The minimum Gasteiger partial charge on any atom is -0.462 e. The van der Waals surface area contributed by atoms with Crippen molar-refractivity contribution in [3.8, 4) is 0 Å². The maximum atomic E-state index is 12.8. The molecule has 6 heteroatoms. The third kappa shape index (κ3) is 52.5. The number of ether oxygens (including phenoxy) is 3. The van der Waals surface area contributed by atoms with Gasteiger partial charge in [-0.2, -0.15) is 0 Å². The summed E-state index contributed by atoms with van der Waals surface area (Å²) in [5, 5.41) is 0. The highest BCUT2D eigenvalue weighted by Gasteiger charge is 2.19. The van der Waals surface area contributed by atoms with Crippen LogP contribution in [-0.2, 0) is 28.6 Å². The van der Waals surface area contributed by atoms with Gasteiger partial charge in [-0.25, -0.2) is 0 Å². The van der Waals surface area contributed by atoms with Crippen molar-refractivity contribution in [3.05, 3.63) is 36.5 Å². The molecule has 0 saturated carbocycles. The number of allylic oxidation sites excluding steroid dienone is 6. The Morgan fingerprint density at radius 3 is 0.923 bits per heavy atom.